The highest BCUT2D eigenvalue weighted by molar-refractivity contribution is 5.83. The SMILES string of the molecule is CCCCc1ccc(C(C)C(=O)N2CCNCC2)cc1. The van der Waals surface area contributed by atoms with E-state index in [2.05, 4.69) is 36.5 Å². The molecule has 20 heavy (non-hydrogen) atoms. The molecule has 3 heteroatoms. The predicted molar refractivity (Wildman–Crippen MR) is 82.9 cm³/mol. The Morgan fingerprint density at radius 2 is 1.90 bits per heavy atom. The van der Waals surface area contributed by atoms with E-state index in [0.29, 0.717) is 0 Å². The minimum atomic E-state index is -0.0340. The lowest BCUT2D eigenvalue weighted by Crippen LogP contribution is -2.47. The van der Waals surface area contributed by atoms with E-state index >= 15 is 0 Å². The number of carbonyl (C=O) groups excluding carboxylic acids is 1. The Bertz CT molecular complexity index is 421. The second-order valence-corrected chi connectivity index (χ2v) is 5.64. The number of hydrogen-bond acceptors (Lipinski definition) is 2. The van der Waals surface area contributed by atoms with Crippen LogP contribution in [-0.4, -0.2) is 37.0 Å². The van der Waals surface area contributed by atoms with Crippen molar-refractivity contribution in [2.24, 2.45) is 0 Å². The van der Waals surface area contributed by atoms with Gasteiger partial charge in [0.25, 0.3) is 0 Å². The van der Waals surface area contributed by atoms with Gasteiger partial charge < -0.3 is 10.2 Å². The molecule has 1 N–H and O–H groups in total. The highest BCUT2D eigenvalue weighted by atomic mass is 16.2. The molecule has 0 spiro atoms. The summed E-state index contributed by atoms with van der Waals surface area (Å²) in [4.78, 5) is 14.4. The number of aryl methyl sites for hydroxylation is 1. The van der Waals surface area contributed by atoms with Crippen LogP contribution in [0.2, 0.25) is 0 Å². The molecule has 0 radical (unpaired) electrons. The van der Waals surface area contributed by atoms with Crippen LogP contribution < -0.4 is 5.32 Å². The van der Waals surface area contributed by atoms with Crippen LogP contribution in [-0.2, 0) is 11.2 Å². The number of carbonyl (C=O) groups is 1. The van der Waals surface area contributed by atoms with Gasteiger partial charge in [-0.1, -0.05) is 37.6 Å². The van der Waals surface area contributed by atoms with Crippen molar-refractivity contribution in [3.63, 3.8) is 0 Å². The number of benzene rings is 1. The summed E-state index contributed by atoms with van der Waals surface area (Å²) in [6.07, 6.45) is 3.59. The number of rotatable bonds is 5. The third-order valence-electron chi connectivity index (χ3n) is 4.10. The number of piperazine rings is 1. The van der Waals surface area contributed by atoms with Gasteiger partial charge in [-0.05, 0) is 30.9 Å². The van der Waals surface area contributed by atoms with Gasteiger partial charge in [-0.15, -0.1) is 0 Å². The van der Waals surface area contributed by atoms with Gasteiger partial charge >= 0.3 is 0 Å². The zero-order valence-corrected chi connectivity index (χ0v) is 12.7. The number of unbranched alkanes of at least 4 members (excludes halogenated alkanes) is 1. The van der Waals surface area contributed by atoms with Crippen LogP contribution in [0.15, 0.2) is 24.3 Å². The number of nitrogens with one attached hydrogen (secondary N) is 1. The normalized spacial score (nSPS) is 17.0. The molecular formula is C17H26N2O. The molecule has 1 unspecified atom stereocenters. The first kappa shape index (κ1) is 15.0. The van der Waals surface area contributed by atoms with Crippen LogP contribution in [0.4, 0.5) is 0 Å². The van der Waals surface area contributed by atoms with E-state index in [-0.39, 0.29) is 11.8 Å². The maximum atomic E-state index is 12.5. The Labute approximate surface area is 122 Å². The lowest BCUT2D eigenvalue weighted by Gasteiger charge is -2.30. The van der Waals surface area contributed by atoms with Gasteiger partial charge in [0.15, 0.2) is 0 Å². The van der Waals surface area contributed by atoms with Gasteiger partial charge in [-0.3, -0.25) is 4.79 Å². The Morgan fingerprint density at radius 3 is 2.50 bits per heavy atom. The zero-order valence-electron chi connectivity index (χ0n) is 12.7. The molecule has 1 aliphatic rings. The van der Waals surface area contributed by atoms with Crippen LogP contribution in [0.3, 0.4) is 0 Å². The van der Waals surface area contributed by atoms with Crippen molar-refractivity contribution >= 4 is 5.91 Å². The topological polar surface area (TPSA) is 32.3 Å². The third-order valence-corrected chi connectivity index (χ3v) is 4.10. The van der Waals surface area contributed by atoms with E-state index in [0.717, 1.165) is 38.2 Å². The molecule has 1 amide bonds. The van der Waals surface area contributed by atoms with Crippen molar-refractivity contribution in [1.29, 1.82) is 0 Å². The summed E-state index contributed by atoms with van der Waals surface area (Å²) in [5, 5.41) is 3.28. The molecule has 1 aromatic carbocycles. The molecule has 1 heterocycles. The summed E-state index contributed by atoms with van der Waals surface area (Å²) in [5.74, 6) is 0.223. The van der Waals surface area contributed by atoms with Crippen LogP contribution in [0.1, 0.15) is 43.7 Å². The Morgan fingerprint density at radius 1 is 1.25 bits per heavy atom. The first-order valence-electron chi connectivity index (χ1n) is 7.80. The van der Waals surface area contributed by atoms with E-state index in [1.54, 1.807) is 0 Å². The average molecular weight is 274 g/mol. The van der Waals surface area contributed by atoms with E-state index < -0.39 is 0 Å². The van der Waals surface area contributed by atoms with Crippen LogP contribution in [0.25, 0.3) is 0 Å². The Hall–Kier alpha value is -1.35. The van der Waals surface area contributed by atoms with Gasteiger partial charge in [0.1, 0.15) is 0 Å². The number of hydrogen-bond donors (Lipinski definition) is 1. The van der Waals surface area contributed by atoms with Gasteiger partial charge in [-0.2, -0.15) is 0 Å². The lowest BCUT2D eigenvalue weighted by molar-refractivity contribution is -0.133. The molecule has 0 aromatic heterocycles. The van der Waals surface area contributed by atoms with Crippen molar-refractivity contribution in [2.45, 2.75) is 39.0 Å². The van der Waals surface area contributed by atoms with E-state index in [4.69, 9.17) is 0 Å². The van der Waals surface area contributed by atoms with Gasteiger partial charge in [0.2, 0.25) is 5.91 Å². The highest BCUT2D eigenvalue weighted by Gasteiger charge is 2.22. The minimum Gasteiger partial charge on any atom is -0.340 e. The monoisotopic (exact) mass is 274 g/mol. The van der Waals surface area contributed by atoms with Crippen LogP contribution in [0.5, 0.6) is 0 Å². The fraction of sp³-hybridized carbons (Fsp3) is 0.588. The second kappa shape index (κ2) is 7.44. The van der Waals surface area contributed by atoms with E-state index in [9.17, 15) is 4.79 Å². The minimum absolute atomic E-state index is 0.0340. The van der Waals surface area contributed by atoms with E-state index in [1.807, 2.05) is 11.8 Å². The second-order valence-electron chi connectivity index (χ2n) is 5.64. The maximum absolute atomic E-state index is 12.5. The lowest BCUT2D eigenvalue weighted by atomic mass is 9.97. The Balaban J connectivity index is 1.97. The molecule has 0 saturated carbocycles. The quantitative estimate of drug-likeness (QED) is 0.895. The van der Waals surface area contributed by atoms with Crippen molar-refractivity contribution in [3.8, 4) is 0 Å². The molecule has 0 bridgehead atoms. The zero-order chi connectivity index (χ0) is 14.4. The van der Waals surface area contributed by atoms with Gasteiger partial charge in [0.05, 0.1) is 5.92 Å². The fourth-order valence-electron chi connectivity index (χ4n) is 2.66. The first-order valence-corrected chi connectivity index (χ1v) is 7.80. The predicted octanol–water partition coefficient (Wildman–Crippen LogP) is 2.56. The fourth-order valence-corrected chi connectivity index (χ4v) is 2.66. The third kappa shape index (κ3) is 3.83. The molecule has 3 nitrogen and oxygen atoms in total. The average Bonchev–Trinajstić information content (AvgIpc) is 2.53. The summed E-state index contributed by atoms with van der Waals surface area (Å²) in [7, 11) is 0. The largest absolute Gasteiger partial charge is 0.340 e. The summed E-state index contributed by atoms with van der Waals surface area (Å²) in [5.41, 5.74) is 2.51. The Kier molecular flexibility index (Phi) is 5.60. The smallest absolute Gasteiger partial charge is 0.229 e. The molecule has 2 rings (SSSR count). The van der Waals surface area contributed by atoms with Crippen molar-refractivity contribution in [2.75, 3.05) is 26.2 Å². The molecule has 110 valence electrons. The molecule has 1 aliphatic heterocycles. The molecule has 1 aromatic rings. The van der Waals surface area contributed by atoms with Crippen molar-refractivity contribution in [3.05, 3.63) is 35.4 Å². The van der Waals surface area contributed by atoms with Gasteiger partial charge in [0, 0.05) is 26.2 Å². The summed E-state index contributed by atoms with van der Waals surface area (Å²) in [6.45, 7) is 7.71. The summed E-state index contributed by atoms with van der Waals surface area (Å²) < 4.78 is 0. The van der Waals surface area contributed by atoms with Crippen LogP contribution in [0, 0.1) is 0 Å². The van der Waals surface area contributed by atoms with Gasteiger partial charge in [-0.25, -0.2) is 0 Å². The number of nitrogens with zero attached hydrogens (tertiary/aromatic N) is 1. The van der Waals surface area contributed by atoms with Crippen molar-refractivity contribution < 1.29 is 4.79 Å². The molecule has 1 atom stereocenters. The van der Waals surface area contributed by atoms with E-state index in [1.165, 1.54) is 18.4 Å². The molecule has 1 saturated heterocycles. The standard InChI is InChI=1S/C17H26N2O/c1-3-4-5-15-6-8-16(9-7-15)14(2)17(20)19-12-10-18-11-13-19/h6-9,14,18H,3-5,10-13H2,1-2H3. The van der Waals surface area contributed by atoms with Crippen molar-refractivity contribution in [1.82, 2.24) is 10.2 Å². The molecule has 0 aliphatic carbocycles. The van der Waals surface area contributed by atoms with Crippen LogP contribution >= 0.6 is 0 Å². The summed E-state index contributed by atoms with van der Waals surface area (Å²) in [6, 6.07) is 8.59. The number of amides is 1. The first-order chi connectivity index (χ1) is 9.72. The molecular weight excluding hydrogens is 248 g/mol. The highest BCUT2D eigenvalue weighted by Crippen LogP contribution is 2.19. The maximum Gasteiger partial charge on any atom is 0.229 e. The molecule has 1 fully saturated rings. The summed E-state index contributed by atoms with van der Waals surface area (Å²) >= 11 is 0.